The van der Waals surface area contributed by atoms with E-state index >= 15 is 0 Å². The first-order chi connectivity index (χ1) is 10.2. The van der Waals surface area contributed by atoms with Crippen molar-refractivity contribution in [2.45, 2.75) is 12.8 Å². The third kappa shape index (κ3) is 3.11. The van der Waals surface area contributed by atoms with Crippen molar-refractivity contribution in [2.24, 2.45) is 0 Å². The summed E-state index contributed by atoms with van der Waals surface area (Å²) in [6.45, 7) is 0. The van der Waals surface area contributed by atoms with Crippen LogP contribution in [0.3, 0.4) is 0 Å². The van der Waals surface area contributed by atoms with Gasteiger partial charge in [0.2, 0.25) is 11.8 Å². The predicted octanol–water partition coefficient (Wildman–Crippen LogP) is 2.71. The minimum Gasteiger partial charge on any atom is -0.440 e. The van der Waals surface area contributed by atoms with E-state index in [1.54, 1.807) is 7.05 Å². The van der Waals surface area contributed by atoms with Crippen molar-refractivity contribution in [1.82, 2.24) is 10.3 Å². The highest BCUT2D eigenvalue weighted by Gasteiger charge is 2.10. The zero-order valence-corrected chi connectivity index (χ0v) is 11.8. The number of hydrogen-bond donors (Lipinski definition) is 1. The predicted molar refractivity (Wildman–Crippen MR) is 81.0 cm³/mol. The van der Waals surface area contributed by atoms with Gasteiger partial charge >= 0.3 is 0 Å². The van der Waals surface area contributed by atoms with E-state index < -0.39 is 0 Å². The number of amides is 1. The molecule has 1 aromatic heterocycles. The van der Waals surface area contributed by atoms with E-state index in [4.69, 9.17) is 4.42 Å². The molecule has 1 amide bonds. The molecule has 3 aromatic rings. The minimum atomic E-state index is -0.105. The second kappa shape index (κ2) is 5.79. The highest BCUT2D eigenvalue weighted by Crippen LogP contribution is 2.19. The number of carbonyl (C=O) groups is 1. The van der Waals surface area contributed by atoms with Crippen LogP contribution in [0.4, 0.5) is 0 Å². The molecule has 0 saturated carbocycles. The third-order valence-corrected chi connectivity index (χ3v) is 3.34. The van der Waals surface area contributed by atoms with E-state index in [9.17, 15) is 4.79 Å². The van der Waals surface area contributed by atoms with Gasteiger partial charge in [0.05, 0.1) is 0 Å². The maximum atomic E-state index is 11.4. The van der Waals surface area contributed by atoms with Crippen LogP contribution in [-0.4, -0.2) is 17.9 Å². The van der Waals surface area contributed by atoms with Crippen LogP contribution in [0.5, 0.6) is 0 Å². The van der Waals surface area contributed by atoms with Crippen molar-refractivity contribution >= 4 is 17.0 Å². The number of oxazole rings is 1. The number of likely N-dealkylation sites (N-methyl/N-ethyl adjacent to an activating group) is 1. The highest BCUT2D eigenvalue weighted by molar-refractivity contribution is 5.79. The summed E-state index contributed by atoms with van der Waals surface area (Å²) in [6, 6.07) is 16.2. The van der Waals surface area contributed by atoms with Crippen molar-refractivity contribution in [3.63, 3.8) is 0 Å². The quantitative estimate of drug-likeness (QED) is 0.799. The molecule has 1 N–H and O–H groups in total. The Morgan fingerprint density at radius 1 is 1.14 bits per heavy atom. The van der Waals surface area contributed by atoms with Gasteiger partial charge in [0.15, 0.2) is 5.58 Å². The summed E-state index contributed by atoms with van der Waals surface area (Å²) in [6.07, 6.45) is 1.02. The molecule has 0 aliphatic carbocycles. The number of nitrogens with one attached hydrogen (secondary N) is 1. The van der Waals surface area contributed by atoms with Gasteiger partial charge in [-0.1, -0.05) is 36.4 Å². The number of benzene rings is 2. The molecule has 0 aliphatic rings. The van der Waals surface area contributed by atoms with Gasteiger partial charge < -0.3 is 9.73 Å². The fourth-order valence-electron chi connectivity index (χ4n) is 2.26. The summed E-state index contributed by atoms with van der Waals surface area (Å²) in [7, 11) is 1.60. The molecule has 0 saturated heterocycles. The van der Waals surface area contributed by atoms with Gasteiger partial charge in [-0.25, -0.2) is 4.98 Å². The lowest BCUT2D eigenvalue weighted by atomic mass is 10.0. The van der Waals surface area contributed by atoms with Crippen LogP contribution in [0.15, 0.2) is 52.9 Å². The largest absolute Gasteiger partial charge is 0.440 e. The van der Waals surface area contributed by atoms with Crippen molar-refractivity contribution < 1.29 is 9.21 Å². The molecule has 1 heterocycles. The SMILES string of the molecule is CNC(=O)Cc1nc2cc(Cc3ccccc3)ccc2o1. The molecule has 106 valence electrons. The van der Waals surface area contributed by atoms with Crippen molar-refractivity contribution in [3.8, 4) is 0 Å². The summed E-state index contributed by atoms with van der Waals surface area (Å²) < 4.78 is 5.57. The van der Waals surface area contributed by atoms with Gasteiger partial charge in [-0.2, -0.15) is 0 Å². The van der Waals surface area contributed by atoms with Crippen molar-refractivity contribution in [3.05, 3.63) is 65.5 Å². The zero-order valence-electron chi connectivity index (χ0n) is 11.8. The summed E-state index contributed by atoms with van der Waals surface area (Å²) in [5.41, 5.74) is 3.94. The Bertz CT molecular complexity index is 763. The molecule has 0 bridgehead atoms. The Labute approximate surface area is 122 Å². The Kier molecular flexibility index (Phi) is 3.69. The van der Waals surface area contributed by atoms with Gasteiger partial charge in [-0.05, 0) is 29.7 Å². The molecule has 2 aromatic carbocycles. The van der Waals surface area contributed by atoms with Crippen LogP contribution in [0.1, 0.15) is 17.0 Å². The molecule has 3 rings (SSSR count). The number of fused-ring (bicyclic) bond motifs is 1. The van der Waals surface area contributed by atoms with Crippen LogP contribution >= 0.6 is 0 Å². The maximum absolute atomic E-state index is 11.4. The van der Waals surface area contributed by atoms with Gasteiger partial charge in [-0.3, -0.25) is 4.79 Å². The first-order valence-electron chi connectivity index (χ1n) is 6.87. The van der Waals surface area contributed by atoms with E-state index in [1.807, 2.05) is 36.4 Å². The molecule has 21 heavy (non-hydrogen) atoms. The van der Waals surface area contributed by atoms with Crippen LogP contribution in [0.2, 0.25) is 0 Å². The van der Waals surface area contributed by atoms with Crippen molar-refractivity contribution in [2.75, 3.05) is 7.05 Å². The fraction of sp³-hybridized carbons (Fsp3) is 0.176. The molecule has 0 fully saturated rings. The van der Waals surface area contributed by atoms with Crippen LogP contribution in [0.25, 0.3) is 11.1 Å². The number of rotatable bonds is 4. The summed E-state index contributed by atoms with van der Waals surface area (Å²) in [5.74, 6) is 0.340. The molecule has 4 nitrogen and oxygen atoms in total. The summed E-state index contributed by atoms with van der Waals surface area (Å²) >= 11 is 0. The second-order valence-corrected chi connectivity index (χ2v) is 4.92. The van der Waals surface area contributed by atoms with Gasteiger partial charge in [0.25, 0.3) is 0 Å². The molecule has 0 aliphatic heterocycles. The molecular weight excluding hydrogens is 264 g/mol. The lowest BCUT2D eigenvalue weighted by molar-refractivity contribution is -0.120. The van der Waals surface area contributed by atoms with Gasteiger partial charge in [0.1, 0.15) is 11.9 Å². The average Bonchev–Trinajstić information content (AvgIpc) is 2.89. The monoisotopic (exact) mass is 280 g/mol. The van der Waals surface area contributed by atoms with Crippen LogP contribution in [-0.2, 0) is 17.6 Å². The number of aromatic nitrogens is 1. The van der Waals surface area contributed by atoms with E-state index in [1.165, 1.54) is 11.1 Å². The first kappa shape index (κ1) is 13.4. The Morgan fingerprint density at radius 3 is 2.71 bits per heavy atom. The first-order valence-corrected chi connectivity index (χ1v) is 6.87. The Morgan fingerprint density at radius 2 is 1.95 bits per heavy atom. The zero-order chi connectivity index (χ0) is 14.7. The van der Waals surface area contributed by atoms with Crippen molar-refractivity contribution in [1.29, 1.82) is 0 Å². The molecule has 0 radical (unpaired) electrons. The van der Waals surface area contributed by atoms with Crippen LogP contribution in [0, 0.1) is 0 Å². The fourth-order valence-corrected chi connectivity index (χ4v) is 2.26. The summed E-state index contributed by atoms with van der Waals surface area (Å²) in [5, 5.41) is 2.56. The molecule has 4 heteroatoms. The van der Waals surface area contributed by atoms with Crippen LogP contribution < -0.4 is 5.32 Å². The molecule has 0 atom stereocenters. The van der Waals surface area contributed by atoms with E-state index in [0.717, 1.165) is 11.9 Å². The molecule has 0 spiro atoms. The highest BCUT2D eigenvalue weighted by atomic mass is 16.3. The topological polar surface area (TPSA) is 55.1 Å². The number of nitrogens with zero attached hydrogens (tertiary/aromatic N) is 1. The molecular formula is C17H16N2O2. The number of carbonyl (C=O) groups excluding carboxylic acids is 1. The molecule has 0 unspecified atom stereocenters. The Hall–Kier alpha value is -2.62. The smallest absolute Gasteiger partial charge is 0.229 e. The lowest BCUT2D eigenvalue weighted by Gasteiger charge is -2.00. The average molecular weight is 280 g/mol. The standard InChI is InChI=1S/C17H16N2O2/c1-18-16(20)11-17-19-14-10-13(7-8-15(14)21-17)9-12-5-3-2-4-6-12/h2-8,10H,9,11H2,1H3,(H,18,20). The minimum absolute atomic E-state index is 0.105. The van der Waals surface area contributed by atoms with E-state index in [0.29, 0.717) is 11.5 Å². The van der Waals surface area contributed by atoms with Gasteiger partial charge in [0, 0.05) is 7.05 Å². The maximum Gasteiger partial charge on any atom is 0.229 e. The lowest BCUT2D eigenvalue weighted by Crippen LogP contribution is -2.19. The third-order valence-electron chi connectivity index (χ3n) is 3.34. The summed E-state index contributed by atoms with van der Waals surface area (Å²) in [4.78, 5) is 15.7. The van der Waals surface area contributed by atoms with E-state index in [2.05, 4.69) is 22.4 Å². The van der Waals surface area contributed by atoms with Gasteiger partial charge in [-0.15, -0.1) is 0 Å². The second-order valence-electron chi connectivity index (χ2n) is 4.92. The number of hydrogen-bond acceptors (Lipinski definition) is 3. The van der Waals surface area contributed by atoms with E-state index in [-0.39, 0.29) is 12.3 Å². The Balaban J connectivity index is 1.84. The normalized spacial score (nSPS) is 10.7.